The molecule has 2 aliphatic heterocycles. The summed E-state index contributed by atoms with van der Waals surface area (Å²) >= 11 is 0. The lowest BCUT2D eigenvalue weighted by molar-refractivity contribution is -0.141. The minimum atomic E-state index is -0.229. The van der Waals surface area contributed by atoms with Crippen molar-refractivity contribution in [3.05, 3.63) is 29.8 Å². The van der Waals surface area contributed by atoms with Crippen LogP contribution in [0, 0.1) is 5.92 Å². The molecule has 2 aliphatic rings. The van der Waals surface area contributed by atoms with E-state index in [1.54, 1.807) is 19.1 Å². The minimum Gasteiger partial charge on any atom is -0.497 e. The van der Waals surface area contributed by atoms with Crippen molar-refractivity contribution < 1.29 is 14.3 Å². The number of carbonyl (C=O) groups is 2. The van der Waals surface area contributed by atoms with Crippen LogP contribution >= 0.6 is 0 Å². The van der Waals surface area contributed by atoms with Crippen LogP contribution < -0.4 is 10.1 Å². The number of carbonyl (C=O) groups excluding carboxylic acids is 2. The molecule has 1 N–H and O–H groups in total. The van der Waals surface area contributed by atoms with Crippen molar-refractivity contribution >= 4 is 11.8 Å². The third-order valence-electron chi connectivity index (χ3n) is 6.30. The van der Waals surface area contributed by atoms with E-state index < -0.39 is 0 Å². The van der Waals surface area contributed by atoms with Crippen LogP contribution in [0.4, 0.5) is 0 Å². The van der Waals surface area contributed by atoms with Crippen LogP contribution in [-0.4, -0.2) is 62.0 Å². The summed E-state index contributed by atoms with van der Waals surface area (Å²) in [6.45, 7) is 4.11. The van der Waals surface area contributed by atoms with Gasteiger partial charge in [-0.25, -0.2) is 0 Å². The molecule has 1 aromatic rings. The van der Waals surface area contributed by atoms with Crippen LogP contribution in [0.5, 0.6) is 5.75 Å². The Morgan fingerprint density at radius 2 is 1.83 bits per heavy atom. The van der Waals surface area contributed by atoms with Crippen LogP contribution in [0.25, 0.3) is 0 Å². The van der Waals surface area contributed by atoms with E-state index in [1.165, 1.54) is 38.8 Å². The highest BCUT2D eigenvalue weighted by Crippen LogP contribution is 2.36. The van der Waals surface area contributed by atoms with Gasteiger partial charge in [0.1, 0.15) is 5.75 Å². The van der Waals surface area contributed by atoms with Crippen molar-refractivity contribution in [2.45, 2.75) is 51.0 Å². The molecular formula is C23H35N3O3. The molecule has 0 bridgehead atoms. The highest BCUT2D eigenvalue weighted by molar-refractivity contribution is 5.84. The number of ether oxygens (including phenoxy) is 1. The molecule has 0 aliphatic carbocycles. The lowest BCUT2D eigenvalue weighted by Gasteiger charge is -2.38. The van der Waals surface area contributed by atoms with E-state index in [-0.39, 0.29) is 23.8 Å². The lowest BCUT2D eigenvalue weighted by Crippen LogP contribution is -2.46. The predicted octanol–water partition coefficient (Wildman–Crippen LogP) is 2.99. The molecule has 0 unspecified atom stereocenters. The second-order valence-electron chi connectivity index (χ2n) is 8.27. The van der Waals surface area contributed by atoms with Gasteiger partial charge in [0.15, 0.2) is 0 Å². The Bertz CT molecular complexity index is 668. The van der Waals surface area contributed by atoms with E-state index in [0.717, 1.165) is 24.3 Å². The van der Waals surface area contributed by atoms with Gasteiger partial charge in [-0.2, -0.15) is 0 Å². The number of piperidine rings is 1. The van der Waals surface area contributed by atoms with Crippen molar-refractivity contribution in [2.75, 3.05) is 40.3 Å². The number of nitrogens with one attached hydrogen (secondary N) is 1. The van der Waals surface area contributed by atoms with Gasteiger partial charge in [0.25, 0.3) is 0 Å². The molecule has 1 aromatic carbocycles. The van der Waals surface area contributed by atoms with E-state index in [1.807, 2.05) is 24.3 Å². The van der Waals surface area contributed by atoms with Gasteiger partial charge in [-0.1, -0.05) is 25.0 Å². The number of benzene rings is 1. The molecular weight excluding hydrogens is 366 g/mol. The Hall–Kier alpha value is -2.08. The Labute approximate surface area is 174 Å². The maximum atomic E-state index is 13.0. The summed E-state index contributed by atoms with van der Waals surface area (Å²) in [5.41, 5.74) is 0.978. The quantitative estimate of drug-likeness (QED) is 0.714. The summed E-state index contributed by atoms with van der Waals surface area (Å²) in [5, 5.41) is 3.14. The molecule has 6 heteroatoms. The fraction of sp³-hybridized carbons (Fsp3) is 0.652. The SMILES string of the molecule is COc1ccc([C@H]2[C@H](C(=O)NCCCN3CCCCCC3)CCC(=O)N2C)cc1. The monoisotopic (exact) mass is 401 g/mol. The van der Waals surface area contributed by atoms with Crippen molar-refractivity contribution in [1.29, 1.82) is 0 Å². The Morgan fingerprint density at radius 3 is 2.48 bits per heavy atom. The molecule has 2 atom stereocenters. The summed E-state index contributed by atoms with van der Waals surface area (Å²) in [5.74, 6) is 0.703. The molecule has 2 fully saturated rings. The van der Waals surface area contributed by atoms with Crippen molar-refractivity contribution in [3.8, 4) is 5.75 Å². The third-order valence-corrected chi connectivity index (χ3v) is 6.30. The Morgan fingerprint density at radius 1 is 1.14 bits per heavy atom. The molecule has 2 heterocycles. The number of likely N-dealkylation sites (tertiary alicyclic amines) is 2. The van der Waals surface area contributed by atoms with E-state index in [0.29, 0.717) is 19.4 Å². The fourth-order valence-corrected chi connectivity index (χ4v) is 4.57. The van der Waals surface area contributed by atoms with Crippen LogP contribution in [-0.2, 0) is 9.59 Å². The number of rotatable bonds is 7. The first kappa shape index (κ1) is 21.6. The highest BCUT2D eigenvalue weighted by Gasteiger charge is 2.38. The number of hydrogen-bond acceptors (Lipinski definition) is 4. The van der Waals surface area contributed by atoms with E-state index in [2.05, 4.69) is 10.2 Å². The van der Waals surface area contributed by atoms with Gasteiger partial charge in [-0.05, 0) is 63.0 Å². The Kier molecular flexibility index (Phi) is 7.92. The normalized spacial score (nSPS) is 23.5. The maximum Gasteiger partial charge on any atom is 0.225 e. The van der Waals surface area contributed by atoms with Crippen LogP contribution in [0.2, 0.25) is 0 Å². The predicted molar refractivity (Wildman–Crippen MR) is 114 cm³/mol. The zero-order chi connectivity index (χ0) is 20.6. The van der Waals surface area contributed by atoms with Gasteiger partial charge in [-0.15, -0.1) is 0 Å². The zero-order valence-corrected chi connectivity index (χ0v) is 17.9. The van der Waals surface area contributed by atoms with E-state index in [9.17, 15) is 9.59 Å². The average molecular weight is 402 g/mol. The summed E-state index contributed by atoms with van der Waals surface area (Å²) in [6.07, 6.45) is 7.26. The molecule has 6 nitrogen and oxygen atoms in total. The Balaban J connectivity index is 1.56. The fourth-order valence-electron chi connectivity index (χ4n) is 4.57. The van der Waals surface area contributed by atoms with Crippen molar-refractivity contribution in [3.63, 3.8) is 0 Å². The van der Waals surface area contributed by atoms with Gasteiger partial charge in [-0.3, -0.25) is 9.59 Å². The number of hydrogen-bond donors (Lipinski definition) is 1. The number of nitrogens with zero attached hydrogens (tertiary/aromatic N) is 2. The maximum absolute atomic E-state index is 13.0. The van der Waals surface area contributed by atoms with Gasteiger partial charge in [0.05, 0.1) is 19.1 Å². The second kappa shape index (κ2) is 10.6. The van der Waals surface area contributed by atoms with Crippen LogP contribution in [0.1, 0.15) is 56.6 Å². The molecule has 0 saturated carbocycles. The standard InChI is InChI=1S/C23H35N3O3/c1-25-21(27)13-12-20(22(25)18-8-10-19(29-2)11-9-18)23(28)24-14-7-17-26-15-5-3-4-6-16-26/h8-11,20,22H,3-7,12-17H2,1-2H3,(H,24,28)/t20-,22+/m1/s1. The summed E-state index contributed by atoms with van der Waals surface area (Å²) < 4.78 is 5.24. The van der Waals surface area contributed by atoms with Crippen molar-refractivity contribution in [1.82, 2.24) is 15.1 Å². The molecule has 2 saturated heterocycles. The van der Waals surface area contributed by atoms with Crippen molar-refractivity contribution in [2.24, 2.45) is 5.92 Å². The molecule has 160 valence electrons. The van der Waals surface area contributed by atoms with Crippen LogP contribution in [0.3, 0.4) is 0 Å². The highest BCUT2D eigenvalue weighted by atomic mass is 16.5. The van der Waals surface area contributed by atoms with Gasteiger partial charge >= 0.3 is 0 Å². The molecule has 0 spiro atoms. The molecule has 0 radical (unpaired) electrons. The topological polar surface area (TPSA) is 61.9 Å². The first-order valence-corrected chi connectivity index (χ1v) is 11.0. The second-order valence-corrected chi connectivity index (χ2v) is 8.27. The first-order chi connectivity index (χ1) is 14.1. The van der Waals surface area contributed by atoms with E-state index >= 15 is 0 Å². The summed E-state index contributed by atoms with van der Waals surface area (Å²) in [4.78, 5) is 29.5. The third kappa shape index (κ3) is 5.72. The minimum absolute atomic E-state index is 0.0565. The lowest BCUT2D eigenvalue weighted by atomic mass is 9.84. The molecule has 29 heavy (non-hydrogen) atoms. The zero-order valence-electron chi connectivity index (χ0n) is 17.9. The molecule has 3 rings (SSSR count). The molecule has 2 amide bonds. The largest absolute Gasteiger partial charge is 0.497 e. The summed E-state index contributed by atoms with van der Waals surface area (Å²) in [6, 6.07) is 7.46. The van der Waals surface area contributed by atoms with Crippen LogP contribution in [0.15, 0.2) is 24.3 Å². The summed E-state index contributed by atoms with van der Waals surface area (Å²) in [7, 11) is 3.43. The number of amides is 2. The number of methoxy groups -OCH3 is 1. The van der Waals surface area contributed by atoms with Gasteiger partial charge < -0.3 is 19.9 Å². The smallest absolute Gasteiger partial charge is 0.225 e. The van der Waals surface area contributed by atoms with Gasteiger partial charge in [0.2, 0.25) is 11.8 Å². The average Bonchev–Trinajstić information content (AvgIpc) is 3.02. The van der Waals surface area contributed by atoms with E-state index in [4.69, 9.17) is 4.74 Å². The van der Waals surface area contributed by atoms with Gasteiger partial charge in [0, 0.05) is 20.0 Å². The molecule has 0 aromatic heterocycles. The first-order valence-electron chi connectivity index (χ1n) is 11.0.